The molecule has 1 aliphatic heterocycles. The van der Waals surface area contributed by atoms with Crippen LogP contribution in [0.25, 0.3) is 0 Å². The Labute approximate surface area is 119 Å². The Kier molecular flexibility index (Phi) is 5.38. The molecule has 2 N–H and O–H groups in total. The molecule has 1 aromatic rings. The number of amides is 1. The van der Waals surface area contributed by atoms with E-state index in [4.69, 9.17) is 15.2 Å². The molecule has 0 spiro atoms. The lowest BCUT2D eigenvalue weighted by Crippen LogP contribution is -2.31. The first-order valence-electron chi connectivity index (χ1n) is 6.94. The third-order valence-corrected chi connectivity index (χ3v) is 3.57. The normalized spacial score (nSPS) is 16.1. The summed E-state index contributed by atoms with van der Waals surface area (Å²) in [6.07, 6.45) is 2.03. The van der Waals surface area contributed by atoms with Crippen LogP contribution in [0.1, 0.15) is 12.8 Å². The van der Waals surface area contributed by atoms with Crippen LogP contribution in [0.5, 0.6) is 0 Å². The second-order valence-corrected chi connectivity index (χ2v) is 5.12. The van der Waals surface area contributed by atoms with Crippen LogP contribution in [-0.2, 0) is 14.3 Å². The molecule has 0 atom stereocenters. The summed E-state index contributed by atoms with van der Waals surface area (Å²) in [5, 5.41) is 0. The number of ether oxygens (including phenoxy) is 2. The van der Waals surface area contributed by atoms with Crippen LogP contribution < -0.4 is 10.6 Å². The number of nitrogens with two attached hydrogens (primary N) is 1. The zero-order valence-electron chi connectivity index (χ0n) is 11.9. The highest BCUT2D eigenvalue weighted by molar-refractivity contribution is 5.93. The summed E-state index contributed by atoms with van der Waals surface area (Å²) in [7, 11) is 1.74. The highest BCUT2D eigenvalue weighted by Crippen LogP contribution is 2.16. The van der Waals surface area contributed by atoms with Crippen LogP contribution in [0.2, 0.25) is 0 Å². The number of rotatable bonds is 5. The topological polar surface area (TPSA) is 64.8 Å². The molecule has 5 nitrogen and oxygen atoms in total. The average Bonchev–Trinajstić information content (AvgIpc) is 2.48. The first-order valence-corrected chi connectivity index (χ1v) is 6.94. The molecule has 2 rings (SSSR count). The van der Waals surface area contributed by atoms with Gasteiger partial charge < -0.3 is 20.1 Å². The van der Waals surface area contributed by atoms with Crippen molar-refractivity contribution in [3.05, 3.63) is 24.3 Å². The van der Waals surface area contributed by atoms with Gasteiger partial charge in [0.2, 0.25) is 0 Å². The van der Waals surface area contributed by atoms with E-state index in [0.29, 0.717) is 18.2 Å². The minimum Gasteiger partial charge on any atom is -0.399 e. The summed E-state index contributed by atoms with van der Waals surface area (Å²) >= 11 is 0. The van der Waals surface area contributed by atoms with Gasteiger partial charge in [0, 0.05) is 31.6 Å². The van der Waals surface area contributed by atoms with Crippen LogP contribution in [0.3, 0.4) is 0 Å². The van der Waals surface area contributed by atoms with Crippen LogP contribution in [0.4, 0.5) is 11.4 Å². The molecule has 1 amide bonds. The molecular weight excluding hydrogens is 256 g/mol. The summed E-state index contributed by atoms with van der Waals surface area (Å²) in [5.74, 6) is 0.459. The van der Waals surface area contributed by atoms with E-state index in [0.717, 1.165) is 31.7 Å². The number of nitrogen functional groups attached to an aromatic ring is 1. The van der Waals surface area contributed by atoms with Crippen molar-refractivity contribution < 1.29 is 14.3 Å². The second kappa shape index (κ2) is 7.26. The van der Waals surface area contributed by atoms with Crippen molar-refractivity contribution in [3.8, 4) is 0 Å². The molecule has 110 valence electrons. The van der Waals surface area contributed by atoms with E-state index in [2.05, 4.69) is 0 Å². The fourth-order valence-electron chi connectivity index (χ4n) is 2.16. The Morgan fingerprint density at radius 3 is 2.65 bits per heavy atom. The summed E-state index contributed by atoms with van der Waals surface area (Å²) in [6, 6.07) is 7.21. The maximum absolute atomic E-state index is 12.0. The molecule has 0 bridgehead atoms. The van der Waals surface area contributed by atoms with E-state index >= 15 is 0 Å². The van der Waals surface area contributed by atoms with Gasteiger partial charge in [-0.05, 0) is 43.0 Å². The summed E-state index contributed by atoms with van der Waals surface area (Å²) in [6.45, 7) is 2.34. The van der Waals surface area contributed by atoms with Gasteiger partial charge in [-0.3, -0.25) is 4.79 Å². The quantitative estimate of drug-likeness (QED) is 0.832. The summed E-state index contributed by atoms with van der Waals surface area (Å²) < 4.78 is 10.8. The lowest BCUT2D eigenvalue weighted by atomic mass is 10.0. The number of anilines is 2. The molecule has 1 aliphatic rings. The number of carbonyl (C=O) groups is 1. The van der Waals surface area contributed by atoms with E-state index in [1.54, 1.807) is 24.1 Å². The van der Waals surface area contributed by atoms with Gasteiger partial charge >= 0.3 is 0 Å². The van der Waals surface area contributed by atoms with Crippen molar-refractivity contribution in [3.63, 3.8) is 0 Å². The smallest absolute Gasteiger partial charge is 0.252 e. The highest BCUT2D eigenvalue weighted by atomic mass is 16.5. The maximum atomic E-state index is 12.0. The predicted molar refractivity (Wildman–Crippen MR) is 78.6 cm³/mol. The van der Waals surface area contributed by atoms with Gasteiger partial charge in [0.1, 0.15) is 6.61 Å². The lowest BCUT2D eigenvalue weighted by molar-refractivity contribution is -0.123. The van der Waals surface area contributed by atoms with Gasteiger partial charge in [-0.25, -0.2) is 0 Å². The minimum absolute atomic E-state index is 0.0539. The third kappa shape index (κ3) is 4.21. The van der Waals surface area contributed by atoms with Gasteiger partial charge in [0.25, 0.3) is 5.91 Å². The van der Waals surface area contributed by atoms with Crippen molar-refractivity contribution in [2.24, 2.45) is 5.92 Å². The first-order chi connectivity index (χ1) is 9.66. The van der Waals surface area contributed by atoms with Gasteiger partial charge in [-0.15, -0.1) is 0 Å². The number of nitrogens with zero attached hydrogens (tertiary/aromatic N) is 1. The second-order valence-electron chi connectivity index (χ2n) is 5.12. The largest absolute Gasteiger partial charge is 0.399 e. The fourth-order valence-corrected chi connectivity index (χ4v) is 2.16. The Hall–Kier alpha value is -1.59. The van der Waals surface area contributed by atoms with Gasteiger partial charge in [-0.2, -0.15) is 0 Å². The lowest BCUT2D eigenvalue weighted by Gasteiger charge is -2.22. The minimum atomic E-state index is -0.0539. The molecule has 0 aliphatic carbocycles. The Balaban J connectivity index is 1.74. The molecule has 1 aromatic carbocycles. The summed E-state index contributed by atoms with van der Waals surface area (Å²) in [4.78, 5) is 13.6. The zero-order valence-corrected chi connectivity index (χ0v) is 11.9. The third-order valence-electron chi connectivity index (χ3n) is 3.57. The number of carbonyl (C=O) groups excluding carboxylic acids is 1. The Bertz CT molecular complexity index is 427. The Morgan fingerprint density at radius 1 is 1.35 bits per heavy atom. The van der Waals surface area contributed by atoms with Gasteiger partial charge in [0.15, 0.2) is 0 Å². The standard InChI is InChI=1S/C15H22N2O3/c1-17(14-4-2-13(16)3-5-14)15(18)11-20-10-12-6-8-19-9-7-12/h2-5,12H,6-11,16H2,1H3. The average molecular weight is 278 g/mol. The molecule has 0 radical (unpaired) electrons. The molecule has 1 fully saturated rings. The first kappa shape index (κ1) is 14.8. The van der Waals surface area contributed by atoms with Crippen molar-refractivity contribution in [2.45, 2.75) is 12.8 Å². The molecular formula is C15H22N2O3. The van der Waals surface area contributed by atoms with Crippen molar-refractivity contribution in [1.82, 2.24) is 0 Å². The zero-order chi connectivity index (χ0) is 14.4. The molecule has 1 saturated heterocycles. The van der Waals surface area contributed by atoms with E-state index in [9.17, 15) is 4.79 Å². The summed E-state index contributed by atoms with van der Waals surface area (Å²) in [5.41, 5.74) is 7.13. The molecule has 20 heavy (non-hydrogen) atoms. The maximum Gasteiger partial charge on any atom is 0.252 e. The van der Waals surface area contributed by atoms with Crippen LogP contribution >= 0.6 is 0 Å². The number of benzene rings is 1. The van der Waals surface area contributed by atoms with Gasteiger partial charge in [0.05, 0.1) is 6.61 Å². The number of likely N-dealkylation sites (N-methyl/N-ethyl adjacent to an activating group) is 1. The molecule has 0 unspecified atom stereocenters. The van der Waals surface area contributed by atoms with Crippen molar-refractivity contribution in [2.75, 3.05) is 44.1 Å². The SMILES string of the molecule is CN(C(=O)COCC1CCOCC1)c1ccc(N)cc1. The van der Waals surface area contributed by atoms with Crippen LogP contribution in [0.15, 0.2) is 24.3 Å². The van der Waals surface area contributed by atoms with Gasteiger partial charge in [-0.1, -0.05) is 0 Å². The van der Waals surface area contributed by atoms with Crippen LogP contribution in [0, 0.1) is 5.92 Å². The molecule has 0 saturated carbocycles. The Morgan fingerprint density at radius 2 is 2.00 bits per heavy atom. The molecule has 1 heterocycles. The van der Waals surface area contributed by atoms with E-state index in [1.165, 1.54) is 0 Å². The fraction of sp³-hybridized carbons (Fsp3) is 0.533. The molecule has 5 heteroatoms. The van der Waals surface area contributed by atoms with E-state index < -0.39 is 0 Å². The monoisotopic (exact) mass is 278 g/mol. The highest BCUT2D eigenvalue weighted by Gasteiger charge is 2.16. The van der Waals surface area contributed by atoms with Crippen molar-refractivity contribution >= 4 is 17.3 Å². The van der Waals surface area contributed by atoms with E-state index in [1.807, 2.05) is 12.1 Å². The van der Waals surface area contributed by atoms with E-state index in [-0.39, 0.29) is 12.5 Å². The van der Waals surface area contributed by atoms with Crippen molar-refractivity contribution in [1.29, 1.82) is 0 Å². The predicted octanol–water partition coefficient (Wildman–Crippen LogP) is 1.67. The molecule has 0 aromatic heterocycles. The number of hydrogen-bond acceptors (Lipinski definition) is 4. The number of hydrogen-bond donors (Lipinski definition) is 1. The van der Waals surface area contributed by atoms with Crippen LogP contribution in [-0.4, -0.2) is 39.4 Å².